The largest absolute Gasteiger partial charge is 0.0991 e. The Morgan fingerprint density at radius 3 is 1.49 bits per heavy atom. The van der Waals surface area contributed by atoms with E-state index in [1.54, 1.807) is 0 Å². The molecule has 8 aromatic rings. The number of rotatable bonds is 6. The van der Waals surface area contributed by atoms with Gasteiger partial charge in [0.15, 0.2) is 0 Å². The molecule has 212 valence electrons. The van der Waals surface area contributed by atoms with Crippen molar-refractivity contribution in [2.24, 2.45) is 0 Å². The SMILES string of the molecule is C=C/C=C\Cc1ccc(-c2ccc3c(-c4ccc5ccccc5c4)c4ccccc4c(-c4ccc5ccccc5c4)c3c2)cc1. The van der Waals surface area contributed by atoms with E-state index in [0.29, 0.717) is 0 Å². The van der Waals surface area contributed by atoms with Crippen molar-refractivity contribution in [3.05, 3.63) is 182 Å². The molecule has 0 heteroatoms. The number of fused-ring (bicyclic) bond motifs is 4. The Morgan fingerprint density at radius 1 is 0.400 bits per heavy atom. The lowest BCUT2D eigenvalue weighted by atomic mass is 9.84. The molecule has 0 amide bonds. The Morgan fingerprint density at radius 2 is 0.889 bits per heavy atom. The molecular formula is C45H32. The van der Waals surface area contributed by atoms with Gasteiger partial charge in [-0.2, -0.15) is 0 Å². The molecule has 8 aromatic carbocycles. The van der Waals surface area contributed by atoms with Gasteiger partial charge in [0.05, 0.1) is 0 Å². The fraction of sp³-hybridized carbons (Fsp3) is 0.0222. The van der Waals surface area contributed by atoms with E-state index in [2.05, 4.69) is 164 Å². The molecule has 0 radical (unpaired) electrons. The molecule has 0 saturated carbocycles. The van der Waals surface area contributed by atoms with E-state index in [1.807, 2.05) is 12.2 Å². The number of benzene rings is 8. The van der Waals surface area contributed by atoms with Crippen molar-refractivity contribution in [2.75, 3.05) is 0 Å². The van der Waals surface area contributed by atoms with E-state index in [4.69, 9.17) is 0 Å². The monoisotopic (exact) mass is 572 g/mol. The van der Waals surface area contributed by atoms with E-state index >= 15 is 0 Å². The van der Waals surface area contributed by atoms with Crippen molar-refractivity contribution in [3.8, 4) is 33.4 Å². The Labute approximate surface area is 264 Å². The van der Waals surface area contributed by atoms with E-state index < -0.39 is 0 Å². The van der Waals surface area contributed by atoms with E-state index in [0.717, 1.165) is 6.42 Å². The summed E-state index contributed by atoms with van der Waals surface area (Å²) in [7, 11) is 0. The summed E-state index contributed by atoms with van der Waals surface area (Å²) < 4.78 is 0. The van der Waals surface area contributed by atoms with E-state index in [9.17, 15) is 0 Å². The maximum Gasteiger partial charge on any atom is -0.00259 e. The Kier molecular flexibility index (Phi) is 6.81. The second-order valence-electron chi connectivity index (χ2n) is 11.7. The van der Waals surface area contributed by atoms with Crippen LogP contribution in [0.3, 0.4) is 0 Å². The third-order valence-electron chi connectivity index (χ3n) is 9.01. The standard InChI is InChI=1S/C45H32/c1-2-3-4-11-31-18-20-34(21-19-31)37-26-27-42-43(30-37)45(39-25-23-33-13-6-8-15-36(33)29-39)41-17-10-9-16-40(41)44(42)38-24-22-32-12-5-7-14-35(32)28-38/h2-10,12-30H,1,11H2/b4-3-. The predicted octanol–water partition coefficient (Wildman–Crippen LogP) is 12.6. The molecule has 0 aliphatic rings. The summed E-state index contributed by atoms with van der Waals surface area (Å²) in [6.45, 7) is 3.79. The second-order valence-corrected chi connectivity index (χ2v) is 11.7. The summed E-state index contributed by atoms with van der Waals surface area (Å²) in [6.07, 6.45) is 6.88. The molecule has 0 aliphatic heterocycles. The molecule has 0 aromatic heterocycles. The van der Waals surface area contributed by atoms with Crippen LogP contribution in [0.4, 0.5) is 0 Å². The lowest BCUT2D eigenvalue weighted by molar-refractivity contribution is 1.27. The zero-order valence-electron chi connectivity index (χ0n) is 25.1. The van der Waals surface area contributed by atoms with Gasteiger partial charge in [-0.05, 0) is 107 Å². The van der Waals surface area contributed by atoms with Gasteiger partial charge < -0.3 is 0 Å². The quantitative estimate of drug-likeness (QED) is 0.137. The Balaban J connectivity index is 1.41. The summed E-state index contributed by atoms with van der Waals surface area (Å²) in [6, 6.07) is 56.0. The van der Waals surface area contributed by atoms with Gasteiger partial charge in [-0.1, -0.05) is 158 Å². The summed E-state index contributed by atoms with van der Waals surface area (Å²) in [4.78, 5) is 0. The van der Waals surface area contributed by atoms with Gasteiger partial charge in [-0.3, -0.25) is 0 Å². The minimum absolute atomic E-state index is 0.900. The van der Waals surface area contributed by atoms with Crippen molar-refractivity contribution in [1.29, 1.82) is 0 Å². The van der Waals surface area contributed by atoms with Gasteiger partial charge in [0, 0.05) is 0 Å². The highest BCUT2D eigenvalue weighted by Gasteiger charge is 2.18. The van der Waals surface area contributed by atoms with Crippen LogP contribution in [-0.2, 0) is 6.42 Å². The molecule has 0 aliphatic carbocycles. The Bertz CT molecular complexity index is 2400. The average molecular weight is 573 g/mol. The van der Waals surface area contributed by atoms with Gasteiger partial charge in [-0.25, -0.2) is 0 Å². The van der Waals surface area contributed by atoms with Crippen LogP contribution >= 0.6 is 0 Å². The first-order valence-corrected chi connectivity index (χ1v) is 15.6. The molecule has 0 atom stereocenters. The van der Waals surface area contributed by atoms with Gasteiger partial charge in [0.2, 0.25) is 0 Å². The van der Waals surface area contributed by atoms with Crippen LogP contribution in [0.2, 0.25) is 0 Å². The summed E-state index contributed by atoms with van der Waals surface area (Å²) >= 11 is 0. The Hall–Kier alpha value is -5.72. The first-order chi connectivity index (χ1) is 22.3. The molecule has 0 saturated heterocycles. The number of hydrogen-bond donors (Lipinski definition) is 0. The smallest absolute Gasteiger partial charge is 0.00259 e. The topological polar surface area (TPSA) is 0 Å². The molecule has 45 heavy (non-hydrogen) atoms. The third-order valence-corrected chi connectivity index (χ3v) is 9.01. The van der Waals surface area contributed by atoms with Crippen LogP contribution < -0.4 is 0 Å². The second kappa shape index (κ2) is 11.4. The summed E-state index contributed by atoms with van der Waals surface area (Å²) in [5, 5.41) is 10.1. The van der Waals surface area contributed by atoms with Gasteiger partial charge in [-0.15, -0.1) is 0 Å². The van der Waals surface area contributed by atoms with Crippen LogP contribution in [0, 0.1) is 0 Å². The lowest BCUT2D eigenvalue weighted by Gasteiger charge is -2.19. The highest BCUT2D eigenvalue weighted by Crippen LogP contribution is 2.45. The van der Waals surface area contributed by atoms with Crippen molar-refractivity contribution < 1.29 is 0 Å². The van der Waals surface area contributed by atoms with Gasteiger partial charge in [0.25, 0.3) is 0 Å². The first-order valence-electron chi connectivity index (χ1n) is 15.6. The fourth-order valence-corrected chi connectivity index (χ4v) is 6.80. The summed E-state index contributed by atoms with van der Waals surface area (Å²) in [5.41, 5.74) is 8.77. The molecule has 8 rings (SSSR count). The average Bonchev–Trinajstić information content (AvgIpc) is 3.10. The highest BCUT2D eigenvalue weighted by molar-refractivity contribution is 6.22. The van der Waals surface area contributed by atoms with Crippen molar-refractivity contribution >= 4 is 43.1 Å². The van der Waals surface area contributed by atoms with E-state index in [-0.39, 0.29) is 0 Å². The molecule has 0 unspecified atom stereocenters. The molecule has 0 bridgehead atoms. The van der Waals surface area contributed by atoms with Crippen LogP contribution in [0.1, 0.15) is 5.56 Å². The zero-order valence-corrected chi connectivity index (χ0v) is 25.1. The van der Waals surface area contributed by atoms with Crippen molar-refractivity contribution in [1.82, 2.24) is 0 Å². The van der Waals surface area contributed by atoms with Crippen molar-refractivity contribution in [3.63, 3.8) is 0 Å². The normalized spacial score (nSPS) is 11.6. The van der Waals surface area contributed by atoms with Crippen LogP contribution in [0.15, 0.2) is 176 Å². The number of hydrogen-bond acceptors (Lipinski definition) is 0. The van der Waals surface area contributed by atoms with Crippen LogP contribution in [0.25, 0.3) is 76.5 Å². The molecular weight excluding hydrogens is 540 g/mol. The van der Waals surface area contributed by atoms with Crippen LogP contribution in [-0.4, -0.2) is 0 Å². The van der Waals surface area contributed by atoms with Gasteiger partial charge in [0.1, 0.15) is 0 Å². The minimum Gasteiger partial charge on any atom is -0.0991 e. The van der Waals surface area contributed by atoms with Crippen molar-refractivity contribution in [2.45, 2.75) is 6.42 Å². The lowest BCUT2D eigenvalue weighted by Crippen LogP contribution is -1.92. The highest BCUT2D eigenvalue weighted by atomic mass is 14.2. The molecule has 0 nitrogen and oxygen atoms in total. The zero-order chi connectivity index (χ0) is 30.2. The molecule has 0 N–H and O–H groups in total. The van der Waals surface area contributed by atoms with Gasteiger partial charge >= 0.3 is 0 Å². The molecule has 0 fully saturated rings. The first kappa shape index (κ1) is 26.9. The maximum absolute atomic E-state index is 3.79. The summed E-state index contributed by atoms with van der Waals surface area (Å²) in [5.74, 6) is 0. The van der Waals surface area contributed by atoms with E-state index in [1.165, 1.54) is 82.0 Å². The molecule has 0 spiro atoms. The minimum atomic E-state index is 0.900. The maximum atomic E-state index is 3.79. The predicted molar refractivity (Wildman–Crippen MR) is 196 cm³/mol. The molecule has 0 heterocycles. The fourth-order valence-electron chi connectivity index (χ4n) is 6.80. The van der Waals surface area contributed by atoms with Crippen LogP contribution in [0.5, 0.6) is 0 Å². The third kappa shape index (κ3) is 4.91. The number of allylic oxidation sites excluding steroid dienone is 3.